The molecular formula is C20H28N3O4S. The van der Waals surface area contributed by atoms with Gasteiger partial charge in [0.15, 0.2) is 9.84 Å². The van der Waals surface area contributed by atoms with E-state index in [1.165, 1.54) is 24.8 Å². The van der Waals surface area contributed by atoms with Gasteiger partial charge in [0.05, 0.1) is 5.75 Å². The summed E-state index contributed by atoms with van der Waals surface area (Å²) in [6.07, 6.45) is 5.02. The van der Waals surface area contributed by atoms with Gasteiger partial charge >= 0.3 is 0 Å². The number of nitrogens with one attached hydrogen (secondary N) is 1. The minimum Gasteiger partial charge on any atom is -0.369 e. The number of hydrogen-bond acceptors (Lipinski definition) is 5. The van der Waals surface area contributed by atoms with Crippen molar-refractivity contribution in [2.75, 3.05) is 26.4 Å². The van der Waals surface area contributed by atoms with Crippen LogP contribution in [0.1, 0.15) is 41.6 Å². The molecule has 2 fully saturated rings. The van der Waals surface area contributed by atoms with Crippen molar-refractivity contribution in [3.8, 4) is 0 Å². The number of sulfone groups is 1. The van der Waals surface area contributed by atoms with Crippen LogP contribution in [0.25, 0.3) is 0 Å². The Morgan fingerprint density at radius 2 is 1.86 bits per heavy atom. The van der Waals surface area contributed by atoms with Crippen LogP contribution in [0.3, 0.4) is 0 Å². The molecule has 1 aromatic rings. The van der Waals surface area contributed by atoms with E-state index in [9.17, 15) is 18.0 Å². The number of hydrogen-bond donors (Lipinski definition) is 2. The molecule has 153 valence electrons. The zero-order valence-corrected chi connectivity index (χ0v) is 17.2. The minimum absolute atomic E-state index is 0.171. The van der Waals surface area contributed by atoms with E-state index in [0.717, 1.165) is 13.0 Å². The Kier molecular flexibility index (Phi) is 5.82. The van der Waals surface area contributed by atoms with Gasteiger partial charge in [0.1, 0.15) is 5.25 Å². The predicted molar refractivity (Wildman–Crippen MR) is 107 cm³/mol. The van der Waals surface area contributed by atoms with E-state index in [4.69, 9.17) is 5.73 Å². The Bertz CT molecular complexity index is 845. The molecule has 1 aliphatic carbocycles. The summed E-state index contributed by atoms with van der Waals surface area (Å²) < 4.78 is 23.8. The predicted octanol–water partition coefficient (Wildman–Crippen LogP) is 0.645. The van der Waals surface area contributed by atoms with Gasteiger partial charge in [-0.1, -0.05) is 12.1 Å². The van der Waals surface area contributed by atoms with Gasteiger partial charge in [0.25, 0.3) is 5.91 Å². The molecule has 0 bridgehead atoms. The van der Waals surface area contributed by atoms with Crippen LogP contribution in [0, 0.1) is 6.42 Å². The fourth-order valence-corrected chi connectivity index (χ4v) is 5.36. The van der Waals surface area contributed by atoms with E-state index in [1.54, 1.807) is 0 Å². The van der Waals surface area contributed by atoms with Gasteiger partial charge in [-0.2, -0.15) is 0 Å². The molecule has 3 rings (SSSR count). The molecule has 0 aromatic heterocycles. The first kappa shape index (κ1) is 20.8. The van der Waals surface area contributed by atoms with E-state index >= 15 is 0 Å². The number of nitrogens with zero attached hydrogens (tertiary/aromatic N) is 1. The highest BCUT2D eigenvalue weighted by Crippen LogP contribution is 2.51. The number of primary amides is 1. The first-order chi connectivity index (χ1) is 13.1. The van der Waals surface area contributed by atoms with Crippen LogP contribution in [0.2, 0.25) is 0 Å². The van der Waals surface area contributed by atoms with Crippen LogP contribution in [0.5, 0.6) is 0 Å². The number of nitrogens with two attached hydrogens (primary N) is 1. The van der Waals surface area contributed by atoms with Crippen molar-refractivity contribution in [3.63, 3.8) is 0 Å². The van der Waals surface area contributed by atoms with Crippen LogP contribution in [0.15, 0.2) is 24.3 Å². The maximum Gasteiger partial charge on any atom is 0.251 e. The Hall–Kier alpha value is -1.93. The van der Waals surface area contributed by atoms with Crippen molar-refractivity contribution >= 4 is 21.7 Å². The van der Waals surface area contributed by atoms with Gasteiger partial charge < -0.3 is 16.0 Å². The molecule has 28 heavy (non-hydrogen) atoms. The van der Waals surface area contributed by atoms with Crippen LogP contribution < -0.4 is 11.1 Å². The molecule has 1 saturated heterocycles. The number of amides is 2. The zero-order chi connectivity index (χ0) is 20.5. The van der Waals surface area contributed by atoms with E-state index in [1.807, 2.05) is 24.3 Å². The van der Waals surface area contributed by atoms with Gasteiger partial charge in [0.2, 0.25) is 5.91 Å². The first-order valence-corrected chi connectivity index (χ1v) is 11.3. The molecule has 2 amide bonds. The Morgan fingerprint density at radius 3 is 2.39 bits per heavy atom. The third kappa shape index (κ3) is 4.55. The van der Waals surface area contributed by atoms with Crippen LogP contribution >= 0.6 is 0 Å². The van der Waals surface area contributed by atoms with Crippen LogP contribution in [-0.4, -0.2) is 62.8 Å². The van der Waals surface area contributed by atoms with Crippen molar-refractivity contribution in [1.82, 2.24) is 10.2 Å². The summed E-state index contributed by atoms with van der Waals surface area (Å²) >= 11 is 0. The van der Waals surface area contributed by atoms with E-state index in [-0.39, 0.29) is 23.5 Å². The maximum atomic E-state index is 12.5. The highest BCUT2D eigenvalue weighted by Gasteiger charge is 2.43. The Labute approximate surface area is 166 Å². The summed E-state index contributed by atoms with van der Waals surface area (Å²) in [6, 6.07) is 7.15. The molecule has 2 aliphatic rings. The number of carbonyl (C=O) groups is 2. The second-order valence-corrected chi connectivity index (χ2v) is 10.4. The van der Waals surface area contributed by atoms with Gasteiger partial charge in [-0.15, -0.1) is 0 Å². The van der Waals surface area contributed by atoms with E-state index < -0.39 is 27.0 Å². The summed E-state index contributed by atoms with van der Waals surface area (Å²) in [5.41, 5.74) is 7.20. The highest BCUT2D eigenvalue weighted by molar-refractivity contribution is 7.92. The monoisotopic (exact) mass is 406 g/mol. The molecule has 2 unspecified atom stereocenters. The van der Waals surface area contributed by atoms with Crippen molar-refractivity contribution in [3.05, 3.63) is 41.8 Å². The standard InChI is InChI=1S/C20H28N3O4S/c1-23(2)11-10-20(8-9-20)15-5-3-14(4-6-15)19(25)22-16-7-12-28(26,27)17(13-16)18(21)24/h3-6,13,16-17H,7-12H2,1-2H3,(H2,21,24)(H,22,25). The topological polar surface area (TPSA) is 110 Å². The summed E-state index contributed by atoms with van der Waals surface area (Å²) in [4.78, 5) is 26.1. The summed E-state index contributed by atoms with van der Waals surface area (Å²) in [5, 5.41) is 1.45. The quantitative estimate of drug-likeness (QED) is 0.691. The molecule has 1 aromatic carbocycles. The third-order valence-electron chi connectivity index (χ3n) is 5.75. The van der Waals surface area contributed by atoms with Gasteiger partial charge in [-0.05, 0) is 69.4 Å². The normalized spacial score (nSPS) is 25.2. The fourth-order valence-electron chi connectivity index (χ4n) is 3.74. The fraction of sp³-hybridized carbons (Fsp3) is 0.550. The molecule has 0 spiro atoms. The van der Waals surface area contributed by atoms with Gasteiger partial charge in [-0.25, -0.2) is 8.42 Å². The molecule has 1 aliphatic heterocycles. The molecule has 2 atom stereocenters. The Morgan fingerprint density at radius 1 is 1.21 bits per heavy atom. The number of rotatable bonds is 7. The summed E-state index contributed by atoms with van der Waals surface area (Å²) in [6.45, 7) is 1.03. The lowest BCUT2D eigenvalue weighted by atomic mass is 9.91. The third-order valence-corrected chi connectivity index (χ3v) is 7.72. The zero-order valence-electron chi connectivity index (χ0n) is 16.3. The van der Waals surface area contributed by atoms with Gasteiger partial charge in [-0.3, -0.25) is 9.59 Å². The molecule has 1 saturated carbocycles. The van der Waals surface area contributed by atoms with Crippen molar-refractivity contribution in [2.24, 2.45) is 5.73 Å². The SMILES string of the molecule is CN(C)CCC1(c2ccc(C(=O)NC3[CH]C(C(N)=O)S(=O)(=O)CC3)cc2)CC1. The van der Waals surface area contributed by atoms with E-state index in [0.29, 0.717) is 5.56 Å². The highest BCUT2D eigenvalue weighted by atomic mass is 32.2. The molecular weight excluding hydrogens is 378 g/mol. The molecule has 1 heterocycles. The number of carbonyl (C=O) groups excluding carboxylic acids is 2. The second-order valence-electron chi connectivity index (χ2n) is 8.16. The largest absolute Gasteiger partial charge is 0.369 e. The number of benzene rings is 1. The average molecular weight is 407 g/mol. The maximum absolute atomic E-state index is 12.5. The first-order valence-electron chi connectivity index (χ1n) is 9.55. The second kappa shape index (κ2) is 7.83. The van der Waals surface area contributed by atoms with Crippen molar-refractivity contribution < 1.29 is 18.0 Å². The lowest BCUT2D eigenvalue weighted by molar-refractivity contribution is -0.117. The molecule has 7 nitrogen and oxygen atoms in total. The average Bonchev–Trinajstić information content (AvgIpc) is 3.42. The van der Waals surface area contributed by atoms with Crippen molar-refractivity contribution in [1.29, 1.82) is 0 Å². The smallest absolute Gasteiger partial charge is 0.251 e. The summed E-state index contributed by atoms with van der Waals surface area (Å²) in [7, 11) is 0.571. The van der Waals surface area contributed by atoms with Gasteiger partial charge in [0, 0.05) is 18.0 Å². The minimum atomic E-state index is -3.57. The van der Waals surface area contributed by atoms with Crippen LogP contribution in [0.4, 0.5) is 0 Å². The Balaban J connectivity index is 1.62. The lowest BCUT2D eigenvalue weighted by Crippen LogP contribution is -2.50. The van der Waals surface area contributed by atoms with Crippen molar-refractivity contribution in [2.45, 2.75) is 42.4 Å². The summed E-state index contributed by atoms with van der Waals surface area (Å²) in [5.74, 6) is -1.36. The molecule has 1 radical (unpaired) electrons. The lowest BCUT2D eigenvalue weighted by Gasteiger charge is -2.27. The molecule has 3 N–H and O–H groups in total. The van der Waals surface area contributed by atoms with E-state index in [2.05, 4.69) is 24.3 Å². The molecule has 8 heteroatoms. The van der Waals surface area contributed by atoms with Crippen LogP contribution in [-0.2, 0) is 20.0 Å².